The Kier molecular flexibility index (Phi) is 5.03. The molecule has 1 atom stereocenters. The second-order valence-electron chi connectivity index (χ2n) is 7.81. The Morgan fingerprint density at radius 3 is 2.62 bits per heavy atom. The zero-order valence-corrected chi connectivity index (χ0v) is 17.6. The van der Waals surface area contributed by atoms with Crippen LogP contribution in [0.5, 0.6) is 0 Å². The first-order valence-corrected chi connectivity index (χ1v) is 10.5. The summed E-state index contributed by atoms with van der Waals surface area (Å²) >= 11 is 0. The lowest BCUT2D eigenvalue weighted by Gasteiger charge is -2.15. The number of nitrogens with one attached hydrogen (secondary N) is 1. The molecule has 6 nitrogen and oxygen atoms in total. The van der Waals surface area contributed by atoms with E-state index < -0.39 is 0 Å². The summed E-state index contributed by atoms with van der Waals surface area (Å²) in [6.07, 6.45) is 3.55. The number of aromatic nitrogens is 3. The van der Waals surface area contributed by atoms with E-state index in [-0.39, 0.29) is 17.5 Å². The van der Waals surface area contributed by atoms with Crippen molar-refractivity contribution in [2.75, 3.05) is 0 Å². The smallest absolute Gasteiger partial charge is 0.276 e. The maximum atomic E-state index is 13.2. The van der Waals surface area contributed by atoms with Crippen LogP contribution in [0.1, 0.15) is 34.5 Å². The fourth-order valence-electron chi connectivity index (χ4n) is 4.03. The number of fused-ring (bicyclic) bond motifs is 3. The van der Waals surface area contributed by atoms with Gasteiger partial charge in [-0.15, -0.1) is 0 Å². The summed E-state index contributed by atoms with van der Waals surface area (Å²) in [7, 11) is 0. The molecule has 1 amide bonds. The lowest BCUT2D eigenvalue weighted by molar-refractivity contribution is 0.0940. The van der Waals surface area contributed by atoms with Crippen LogP contribution in [0.25, 0.3) is 16.7 Å². The molecule has 0 aliphatic heterocycles. The third kappa shape index (κ3) is 3.56. The van der Waals surface area contributed by atoms with Gasteiger partial charge in [0, 0.05) is 18.0 Å². The average molecular weight is 422 g/mol. The molecule has 5 rings (SSSR count). The maximum Gasteiger partial charge on any atom is 0.276 e. The van der Waals surface area contributed by atoms with Gasteiger partial charge >= 0.3 is 0 Å². The van der Waals surface area contributed by atoms with E-state index >= 15 is 0 Å². The summed E-state index contributed by atoms with van der Waals surface area (Å²) in [4.78, 5) is 30.5. The Morgan fingerprint density at radius 2 is 1.78 bits per heavy atom. The van der Waals surface area contributed by atoms with Crippen LogP contribution in [0.4, 0.5) is 0 Å². The first kappa shape index (κ1) is 19.8. The van der Waals surface area contributed by atoms with Crippen molar-refractivity contribution in [2.45, 2.75) is 19.5 Å². The van der Waals surface area contributed by atoms with Gasteiger partial charge in [0.05, 0.1) is 18.1 Å². The van der Waals surface area contributed by atoms with Gasteiger partial charge in [0.25, 0.3) is 11.5 Å². The molecule has 32 heavy (non-hydrogen) atoms. The van der Waals surface area contributed by atoms with E-state index in [1.807, 2.05) is 84.3 Å². The number of hydrogen-bond acceptors (Lipinski definition) is 3. The van der Waals surface area contributed by atoms with E-state index in [9.17, 15) is 9.59 Å². The molecular weight excluding hydrogens is 400 g/mol. The number of rotatable bonds is 5. The second kappa shape index (κ2) is 8.15. The molecule has 5 aromatic rings. The summed E-state index contributed by atoms with van der Waals surface area (Å²) in [5, 5.41) is 3.04. The molecule has 0 aliphatic carbocycles. The van der Waals surface area contributed by atoms with Gasteiger partial charge in [-0.05, 0) is 54.4 Å². The minimum absolute atomic E-state index is 0.111. The Hall–Kier alpha value is -4.19. The first-order chi connectivity index (χ1) is 15.6. The molecule has 1 N–H and O–H groups in total. The Balaban J connectivity index is 1.47. The highest BCUT2D eigenvalue weighted by Crippen LogP contribution is 2.16. The zero-order valence-electron chi connectivity index (χ0n) is 17.6. The van der Waals surface area contributed by atoms with Gasteiger partial charge in [0.2, 0.25) is 0 Å². The fraction of sp³-hybridized carbons (Fsp3) is 0.115. The van der Waals surface area contributed by atoms with Gasteiger partial charge in [-0.1, -0.05) is 42.5 Å². The molecule has 158 valence electrons. The van der Waals surface area contributed by atoms with E-state index in [4.69, 9.17) is 0 Å². The predicted molar refractivity (Wildman–Crippen MR) is 125 cm³/mol. The largest absolute Gasteiger partial charge is 0.346 e. The number of carbonyl (C=O) groups excluding carboxylic acids is 1. The van der Waals surface area contributed by atoms with E-state index in [0.717, 1.165) is 16.6 Å². The molecular formula is C26H22N4O2. The third-order valence-corrected chi connectivity index (χ3v) is 5.67. The number of benzene rings is 2. The zero-order chi connectivity index (χ0) is 22.1. The number of nitrogens with zero attached hydrogens (tertiary/aromatic N) is 3. The minimum Gasteiger partial charge on any atom is -0.346 e. The van der Waals surface area contributed by atoms with Crippen LogP contribution in [-0.4, -0.2) is 19.9 Å². The average Bonchev–Trinajstić information content (AvgIpc) is 3.33. The van der Waals surface area contributed by atoms with Crippen molar-refractivity contribution in [1.82, 2.24) is 19.3 Å². The van der Waals surface area contributed by atoms with Crippen LogP contribution >= 0.6 is 0 Å². The van der Waals surface area contributed by atoms with Gasteiger partial charge in [-0.3, -0.25) is 14.2 Å². The van der Waals surface area contributed by atoms with E-state index in [0.29, 0.717) is 23.3 Å². The minimum atomic E-state index is -0.152. The van der Waals surface area contributed by atoms with Crippen LogP contribution in [0.2, 0.25) is 0 Å². The highest BCUT2D eigenvalue weighted by Gasteiger charge is 2.14. The van der Waals surface area contributed by atoms with E-state index in [1.54, 1.807) is 22.9 Å². The molecule has 0 aliphatic rings. The van der Waals surface area contributed by atoms with Gasteiger partial charge in [0.15, 0.2) is 5.65 Å². The second-order valence-corrected chi connectivity index (χ2v) is 7.81. The third-order valence-electron chi connectivity index (χ3n) is 5.67. The number of pyridine rings is 1. The normalized spacial score (nSPS) is 12.2. The SMILES string of the molecule is C[C@H](NC(=O)c1cccc(Cn2c(=O)c3cccn3c3cccnc32)c1)c1ccccc1. The molecule has 6 heteroatoms. The summed E-state index contributed by atoms with van der Waals surface area (Å²) in [5.74, 6) is -0.152. The lowest BCUT2D eigenvalue weighted by Crippen LogP contribution is -2.27. The highest BCUT2D eigenvalue weighted by molar-refractivity contribution is 5.94. The van der Waals surface area contributed by atoms with Gasteiger partial charge < -0.3 is 9.72 Å². The predicted octanol–water partition coefficient (Wildman–Crippen LogP) is 4.19. The molecule has 0 saturated heterocycles. The highest BCUT2D eigenvalue weighted by atomic mass is 16.1. The van der Waals surface area contributed by atoms with Gasteiger partial charge in [-0.2, -0.15) is 0 Å². The van der Waals surface area contributed by atoms with E-state index in [1.165, 1.54) is 0 Å². The summed E-state index contributed by atoms with van der Waals surface area (Å²) in [5.41, 5.74) is 4.40. The van der Waals surface area contributed by atoms with Crippen molar-refractivity contribution in [3.05, 3.63) is 118 Å². The maximum absolute atomic E-state index is 13.2. The quantitative estimate of drug-likeness (QED) is 0.462. The van der Waals surface area contributed by atoms with Crippen LogP contribution < -0.4 is 10.9 Å². The number of carbonyl (C=O) groups is 1. The van der Waals surface area contributed by atoms with Crippen molar-refractivity contribution in [2.24, 2.45) is 0 Å². The molecule has 0 fully saturated rings. The standard InChI is InChI=1S/C26H22N4O2/c1-18(20-9-3-2-4-10-20)28-25(31)21-11-5-8-19(16-21)17-30-24-22(12-6-14-27-24)29-15-7-13-23(29)26(30)32/h2-16,18H,17H2,1H3,(H,28,31)/t18-/m0/s1. The van der Waals surface area contributed by atoms with Crippen molar-refractivity contribution < 1.29 is 4.79 Å². The molecule has 2 aromatic carbocycles. The van der Waals surface area contributed by atoms with Crippen LogP contribution in [0.15, 0.2) is 96.1 Å². The summed E-state index contributed by atoms with van der Waals surface area (Å²) < 4.78 is 3.52. The van der Waals surface area contributed by atoms with Crippen LogP contribution in [0.3, 0.4) is 0 Å². The summed E-state index contributed by atoms with van der Waals surface area (Å²) in [6.45, 7) is 2.28. The lowest BCUT2D eigenvalue weighted by atomic mass is 10.1. The van der Waals surface area contributed by atoms with Crippen molar-refractivity contribution >= 4 is 22.6 Å². The van der Waals surface area contributed by atoms with E-state index in [2.05, 4.69) is 10.3 Å². The molecule has 0 bridgehead atoms. The van der Waals surface area contributed by atoms with Crippen molar-refractivity contribution in [1.29, 1.82) is 0 Å². The Labute approximate surface area is 184 Å². The van der Waals surface area contributed by atoms with Crippen LogP contribution in [-0.2, 0) is 6.54 Å². The van der Waals surface area contributed by atoms with Crippen LogP contribution in [0, 0.1) is 0 Å². The van der Waals surface area contributed by atoms with Gasteiger partial charge in [-0.25, -0.2) is 4.98 Å². The molecule has 3 heterocycles. The molecule has 0 radical (unpaired) electrons. The van der Waals surface area contributed by atoms with Crippen molar-refractivity contribution in [3.63, 3.8) is 0 Å². The Morgan fingerprint density at radius 1 is 0.969 bits per heavy atom. The fourth-order valence-corrected chi connectivity index (χ4v) is 4.03. The first-order valence-electron chi connectivity index (χ1n) is 10.5. The number of hydrogen-bond donors (Lipinski definition) is 1. The van der Waals surface area contributed by atoms with Crippen molar-refractivity contribution in [3.8, 4) is 0 Å². The molecule has 0 spiro atoms. The topological polar surface area (TPSA) is 68.4 Å². The van der Waals surface area contributed by atoms with Gasteiger partial charge in [0.1, 0.15) is 5.52 Å². The number of amides is 1. The molecule has 0 unspecified atom stereocenters. The molecule has 0 saturated carbocycles. The monoisotopic (exact) mass is 422 g/mol. The summed E-state index contributed by atoms with van der Waals surface area (Å²) in [6, 6.07) is 24.6. The Bertz CT molecular complexity index is 1480. The molecule has 3 aromatic heterocycles.